The van der Waals surface area contributed by atoms with E-state index in [1.165, 1.54) is 0 Å². The maximum Gasteiger partial charge on any atom is 0.261 e. The molecule has 0 aliphatic heterocycles. The minimum Gasteiger partial charge on any atom is -0.492 e. The quantitative estimate of drug-likeness (QED) is 0.564. The molecule has 0 fully saturated rings. The van der Waals surface area contributed by atoms with E-state index in [1.807, 2.05) is 19.9 Å². The van der Waals surface area contributed by atoms with Gasteiger partial charge in [-0.15, -0.1) is 0 Å². The lowest BCUT2D eigenvalue weighted by molar-refractivity contribution is 0.0958. The van der Waals surface area contributed by atoms with Crippen LogP contribution in [0.3, 0.4) is 0 Å². The Kier molecular flexibility index (Phi) is 7.95. The lowest BCUT2D eigenvalue weighted by atomic mass is 10.2. The second-order valence-electron chi connectivity index (χ2n) is 6.41. The smallest absolute Gasteiger partial charge is 0.261 e. The highest BCUT2D eigenvalue weighted by Gasteiger charge is 2.15. The molecule has 148 valence electrons. The van der Waals surface area contributed by atoms with Crippen molar-refractivity contribution in [2.24, 2.45) is 5.92 Å². The Hall–Kier alpha value is -2.45. The van der Waals surface area contributed by atoms with Crippen LogP contribution in [0.25, 0.3) is 0 Å². The molecule has 2 rings (SSSR count). The number of nitrogens with one attached hydrogen (secondary N) is 3. The van der Waals surface area contributed by atoms with Crippen LogP contribution < -0.4 is 20.7 Å². The lowest BCUT2D eigenvalue weighted by Gasteiger charge is -2.15. The molecule has 0 atom stereocenters. The van der Waals surface area contributed by atoms with Crippen molar-refractivity contribution in [1.82, 2.24) is 10.6 Å². The summed E-state index contributed by atoms with van der Waals surface area (Å²) in [6.07, 6.45) is 0. The molecular formula is C20H22BrN3O3S. The van der Waals surface area contributed by atoms with Gasteiger partial charge in [-0.05, 0) is 54.5 Å². The second-order valence-corrected chi connectivity index (χ2v) is 7.74. The summed E-state index contributed by atoms with van der Waals surface area (Å²) in [6.45, 7) is 4.56. The lowest BCUT2D eigenvalue weighted by Crippen LogP contribution is -2.34. The van der Waals surface area contributed by atoms with Crippen LogP contribution in [0.15, 0.2) is 46.9 Å². The van der Waals surface area contributed by atoms with Crippen LogP contribution in [-0.2, 0) is 0 Å². The predicted octanol–water partition coefficient (Wildman–Crippen LogP) is 3.97. The first-order valence-electron chi connectivity index (χ1n) is 8.67. The Bertz CT molecular complexity index is 887. The Morgan fingerprint density at radius 3 is 2.57 bits per heavy atom. The number of hydrogen-bond donors (Lipinski definition) is 3. The number of amides is 2. The van der Waals surface area contributed by atoms with Gasteiger partial charge in [-0.25, -0.2) is 0 Å². The van der Waals surface area contributed by atoms with Crippen molar-refractivity contribution in [3.63, 3.8) is 0 Å². The number of rotatable bonds is 6. The number of thiocarbonyl (C=S) groups is 1. The van der Waals surface area contributed by atoms with E-state index in [9.17, 15) is 9.59 Å². The Morgan fingerprint density at radius 1 is 1.14 bits per heavy atom. The molecule has 3 N–H and O–H groups in total. The van der Waals surface area contributed by atoms with E-state index in [0.29, 0.717) is 35.1 Å². The van der Waals surface area contributed by atoms with Gasteiger partial charge in [-0.2, -0.15) is 0 Å². The largest absolute Gasteiger partial charge is 0.492 e. The molecular weight excluding hydrogens is 442 g/mol. The molecule has 8 heteroatoms. The fourth-order valence-corrected chi connectivity index (χ4v) is 2.85. The maximum atomic E-state index is 12.7. The van der Waals surface area contributed by atoms with Crippen LogP contribution in [-0.4, -0.2) is 30.6 Å². The van der Waals surface area contributed by atoms with Gasteiger partial charge in [0, 0.05) is 22.8 Å². The molecule has 0 aliphatic carbocycles. The zero-order chi connectivity index (χ0) is 20.7. The predicted molar refractivity (Wildman–Crippen MR) is 118 cm³/mol. The first-order chi connectivity index (χ1) is 13.3. The summed E-state index contributed by atoms with van der Waals surface area (Å²) >= 11 is 8.61. The van der Waals surface area contributed by atoms with Crippen LogP contribution in [0.4, 0.5) is 5.69 Å². The molecule has 6 nitrogen and oxygen atoms in total. The topological polar surface area (TPSA) is 79.5 Å². The summed E-state index contributed by atoms with van der Waals surface area (Å²) in [5.74, 6) is 0.216. The Morgan fingerprint density at radius 2 is 1.89 bits per heavy atom. The number of anilines is 1. The first kappa shape index (κ1) is 21.8. The van der Waals surface area contributed by atoms with Crippen LogP contribution >= 0.6 is 28.1 Å². The van der Waals surface area contributed by atoms with Gasteiger partial charge < -0.3 is 15.4 Å². The third-order valence-corrected chi connectivity index (χ3v) is 4.29. The van der Waals surface area contributed by atoms with Gasteiger partial charge in [-0.1, -0.05) is 35.8 Å². The highest BCUT2D eigenvalue weighted by atomic mass is 79.9. The maximum absolute atomic E-state index is 12.7. The molecule has 0 spiro atoms. The summed E-state index contributed by atoms with van der Waals surface area (Å²) in [5, 5.41) is 8.23. The monoisotopic (exact) mass is 463 g/mol. The highest BCUT2D eigenvalue weighted by molar-refractivity contribution is 9.10. The fraction of sp³-hybridized carbons (Fsp3) is 0.250. The molecule has 0 heterocycles. The third-order valence-electron chi connectivity index (χ3n) is 3.60. The molecule has 2 amide bonds. The summed E-state index contributed by atoms with van der Waals surface area (Å²) in [7, 11) is 1.56. The van der Waals surface area contributed by atoms with Crippen molar-refractivity contribution >= 4 is 50.8 Å². The normalized spacial score (nSPS) is 10.3. The summed E-state index contributed by atoms with van der Waals surface area (Å²) in [6, 6.07) is 12.0. The van der Waals surface area contributed by atoms with Crippen LogP contribution in [0.5, 0.6) is 5.75 Å². The van der Waals surface area contributed by atoms with Crippen molar-refractivity contribution in [3.05, 3.63) is 58.1 Å². The van der Waals surface area contributed by atoms with Crippen molar-refractivity contribution in [2.75, 3.05) is 19.0 Å². The highest BCUT2D eigenvalue weighted by Crippen LogP contribution is 2.24. The van der Waals surface area contributed by atoms with Gasteiger partial charge >= 0.3 is 0 Å². The number of halogens is 1. The second kappa shape index (κ2) is 10.2. The van der Waals surface area contributed by atoms with Crippen molar-refractivity contribution in [1.29, 1.82) is 0 Å². The van der Waals surface area contributed by atoms with E-state index in [2.05, 4.69) is 31.9 Å². The van der Waals surface area contributed by atoms with Gasteiger partial charge in [0.25, 0.3) is 11.8 Å². The Labute approximate surface area is 178 Å². The van der Waals surface area contributed by atoms with Crippen LogP contribution in [0.2, 0.25) is 0 Å². The van der Waals surface area contributed by atoms with Gasteiger partial charge in [0.05, 0.1) is 12.2 Å². The van der Waals surface area contributed by atoms with E-state index in [0.717, 1.165) is 4.47 Å². The molecule has 28 heavy (non-hydrogen) atoms. The van der Waals surface area contributed by atoms with Crippen LogP contribution in [0.1, 0.15) is 34.6 Å². The number of hydrogen-bond acceptors (Lipinski definition) is 4. The van der Waals surface area contributed by atoms with Gasteiger partial charge in [0.2, 0.25) is 0 Å². The molecule has 0 aliphatic rings. The zero-order valence-corrected chi connectivity index (χ0v) is 18.2. The van der Waals surface area contributed by atoms with E-state index < -0.39 is 0 Å². The van der Waals surface area contributed by atoms with Crippen LogP contribution in [0, 0.1) is 5.92 Å². The number of benzene rings is 2. The van der Waals surface area contributed by atoms with Crippen molar-refractivity contribution < 1.29 is 14.3 Å². The molecule has 0 unspecified atom stereocenters. The van der Waals surface area contributed by atoms with E-state index in [4.69, 9.17) is 17.0 Å². The summed E-state index contributed by atoms with van der Waals surface area (Å²) in [4.78, 5) is 24.4. The standard InChI is InChI=1S/C20H22BrN3O3S/c1-12(2)11-27-17-8-7-14(21)10-16(17)19(26)24-20(28)23-15-6-4-5-13(9-15)18(25)22-3/h4-10,12H,11H2,1-3H3,(H,22,25)(H2,23,24,26,28). The fourth-order valence-electron chi connectivity index (χ4n) is 2.28. The minimum absolute atomic E-state index is 0.119. The molecule has 2 aromatic rings. The number of ether oxygens (including phenoxy) is 1. The Balaban J connectivity index is 2.09. The molecule has 0 saturated heterocycles. The molecule has 2 aromatic carbocycles. The van der Waals surface area contributed by atoms with E-state index in [-0.39, 0.29) is 16.9 Å². The molecule has 0 radical (unpaired) electrons. The first-order valence-corrected chi connectivity index (χ1v) is 9.87. The van der Waals surface area contributed by atoms with Gasteiger partial charge in [-0.3, -0.25) is 14.9 Å². The van der Waals surface area contributed by atoms with Crippen molar-refractivity contribution in [3.8, 4) is 5.75 Å². The molecule has 0 bridgehead atoms. The van der Waals surface area contributed by atoms with Crippen molar-refractivity contribution in [2.45, 2.75) is 13.8 Å². The summed E-state index contributed by atoms with van der Waals surface area (Å²) in [5.41, 5.74) is 1.45. The molecule has 0 aromatic heterocycles. The average molecular weight is 464 g/mol. The zero-order valence-electron chi connectivity index (χ0n) is 15.8. The summed E-state index contributed by atoms with van der Waals surface area (Å²) < 4.78 is 6.50. The number of carbonyl (C=O) groups is 2. The third kappa shape index (κ3) is 6.31. The number of carbonyl (C=O) groups excluding carboxylic acids is 2. The van der Waals surface area contributed by atoms with Gasteiger partial charge in [0.1, 0.15) is 5.75 Å². The average Bonchev–Trinajstić information content (AvgIpc) is 2.66. The minimum atomic E-state index is -0.389. The molecule has 0 saturated carbocycles. The van der Waals surface area contributed by atoms with Gasteiger partial charge in [0.15, 0.2) is 5.11 Å². The van der Waals surface area contributed by atoms with E-state index >= 15 is 0 Å². The van der Waals surface area contributed by atoms with E-state index in [1.54, 1.807) is 43.4 Å². The SMILES string of the molecule is CNC(=O)c1cccc(NC(=S)NC(=O)c2cc(Br)ccc2OCC(C)C)c1.